The van der Waals surface area contributed by atoms with Crippen molar-refractivity contribution in [1.82, 2.24) is 9.13 Å². The van der Waals surface area contributed by atoms with E-state index in [0.29, 0.717) is 33.0 Å². The van der Waals surface area contributed by atoms with Crippen LogP contribution in [0.3, 0.4) is 0 Å². The second-order valence-corrected chi connectivity index (χ2v) is 13.5. The maximum absolute atomic E-state index is 6.40. The van der Waals surface area contributed by atoms with E-state index in [-0.39, 0.29) is 32.8 Å². The predicted molar refractivity (Wildman–Crippen MR) is 240 cm³/mol. The first-order valence-electron chi connectivity index (χ1n) is 17.2. The van der Waals surface area contributed by atoms with Gasteiger partial charge in [0.2, 0.25) is 0 Å². The topological polar surface area (TPSA) is 9.86 Å². The van der Waals surface area contributed by atoms with E-state index in [1.807, 2.05) is 48.5 Å². The number of nitrogens with zero attached hydrogens (tertiary/aromatic N) is 2. The van der Waals surface area contributed by atoms with Crippen molar-refractivity contribution >= 4 is 177 Å². The van der Waals surface area contributed by atoms with Crippen molar-refractivity contribution in [3.8, 4) is 33.6 Å². The molecule has 2 nitrogen and oxygen atoms in total. The van der Waals surface area contributed by atoms with Crippen LogP contribution in [-0.4, -0.2) is 87.6 Å². The Kier molecular flexibility index (Phi) is 8.12. The smallest absolute Gasteiger partial charge is 0.113 e. The van der Waals surface area contributed by atoms with Crippen LogP contribution in [0.2, 0.25) is 0 Å². The summed E-state index contributed by atoms with van der Waals surface area (Å²) in [6, 6.07) is 37.2. The van der Waals surface area contributed by atoms with Crippen LogP contribution in [-0.2, 0) is 0 Å². The van der Waals surface area contributed by atoms with Gasteiger partial charge in [-0.05, 0) is 70.8 Å². The maximum atomic E-state index is 6.40. The van der Waals surface area contributed by atoms with Crippen LogP contribution in [0.1, 0.15) is 0 Å². The van der Waals surface area contributed by atoms with Crippen LogP contribution < -0.4 is 54.6 Å². The minimum Gasteiger partial charge on any atom is -0.309 e. The highest BCUT2D eigenvalue weighted by Crippen LogP contribution is 2.42. The standard InChI is InChI=1S/C42H18B10N2/c43-33-29(34(44)38(48)41(51)37(33)47)19-9-13-21(14-10-19)53-25-7-3-1-5-23(25)31-27(53)17-18-28-32(31)24-6-2-4-8-26(24)54(28)22-15-11-20(12-16-22)30-35(45)39(49)42(52)40(50)36(30)46/h1-18H. The molecule has 9 aromatic rings. The molecule has 2 heterocycles. The van der Waals surface area contributed by atoms with Gasteiger partial charge < -0.3 is 9.13 Å². The molecule has 20 radical (unpaired) electrons. The molecule has 7 aromatic carbocycles. The molecule has 2 aromatic heterocycles. The van der Waals surface area contributed by atoms with Gasteiger partial charge in [0.1, 0.15) is 78.5 Å². The highest BCUT2D eigenvalue weighted by molar-refractivity contribution is 6.70. The zero-order valence-corrected chi connectivity index (χ0v) is 29.1. The van der Waals surface area contributed by atoms with E-state index < -0.39 is 0 Å². The molecule has 0 amide bonds. The first kappa shape index (κ1) is 34.6. The molecule has 0 aliphatic carbocycles. The average molecular weight is 659 g/mol. The fraction of sp³-hybridized carbons (Fsp3) is 0. The Bertz CT molecular complexity index is 2770. The van der Waals surface area contributed by atoms with Gasteiger partial charge in [-0.2, -0.15) is 0 Å². The molecule has 0 saturated heterocycles. The largest absolute Gasteiger partial charge is 0.309 e. The van der Waals surface area contributed by atoms with Gasteiger partial charge in [-0.15, -0.1) is 32.8 Å². The van der Waals surface area contributed by atoms with E-state index in [1.165, 1.54) is 0 Å². The number of aromatic nitrogens is 2. The summed E-state index contributed by atoms with van der Waals surface area (Å²) in [6.45, 7) is 0. The van der Waals surface area contributed by atoms with Crippen molar-refractivity contribution in [2.24, 2.45) is 0 Å². The maximum Gasteiger partial charge on any atom is 0.113 e. The predicted octanol–water partition coefficient (Wildman–Crippen LogP) is -0.847. The van der Waals surface area contributed by atoms with E-state index in [2.05, 4.69) is 69.8 Å². The van der Waals surface area contributed by atoms with Crippen molar-refractivity contribution in [2.75, 3.05) is 0 Å². The first-order valence-corrected chi connectivity index (χ1v) is 17.2. The molecule has 0 aliphatic rings. The zero-order valence-electron chi connectivity index (χ0n) is 29.1. The van der Waals surface area contributed by atoms with Crippen molar-refractivity contribution < 1.29 is 0 Å². The molecule has 9 rings (SSSR count). The number of para-hydroxylation sites is 2. The minimum atomic E-state index is 0.185. The molecule has 0 fully saturated rings. The molecule has 0 unspecified atom stereocenters. The summed E-state index contributed by atoms with van der Waals surface area (Å²) in [5.74, 6) is 0. The Hall–Kier alpha value is -5.21. The van der Waals surface area contributed by atoms with Crippen molar-refractivity contribution in [2.45, 2.75) is 0 Å². The van der Waals surface area contributed by atoms with E-state index in [9.17, 15) is 0 Å². The molecule has 0 atom stereocenters. The number of hydrogen-bond acceptors (Lipinski definition) is 0. The van der Waals surface area contributed by atoms with Crippen LogP contribution in [0.25, 0.3) is 77.2 Å². The Morgan fingerprint density at radius 2 is 0.574 bits per heavy atom. The SMILES string of the molecule is [B]c1c([B])c([B])c(-c2ccc(-n3c4ccccc4c4c5c6ccccc6n(-c6ccc(-c7c([B])c([B])c([B])c([B])c7[B])cc6)c5ccc43)cc2)c([B])c1[B]. The van der Waals surface area contributed by atoms with Crippen LogP contribution in [0, 0.1) is 0 Å². The van der Waals surface area contributed by atoms with Gasteiger partial charge in [0, 0.05) is 32.9 Å². The lowest BCUT2D eigenvalue weighted by Crippen LogP contribution is -2.55. The summed E-state index contributed by atoms with van der Waals surface area (Å²) in [6.07, 6.45) is 0. The second kappa shape index (κ2) is 12.7. The summed E-state index contributed by atoms with van der Waals surface area (Å²) < 4.78 is 4.54. The monoisotopic (exact) mass is 660 g/mol. The lowest BCUT2D eigenvalue weighted by atomic mass is 9.60. The number of benzene rings is 7. The van der Waals surface area contributed by atoms with Crippen LogP contribution in [0.5, 0.6) is 0 Å². The zero-order chi connectivity index (χ0) is 37.7. The molecular weight excluding hydrogens is 641 g/mol. The van der Waals surface area contributed by atoms with Gasteiger partial charge >= 0.3 is 0 Å². The van der Waals surface area contributed by atoms with Crippen molar-refractivity contribution in [3.05, 3.63) is 109 Å². The summed E-state index contributed by atoms with van der Waals surface area (Å²) in [4.78, 5) is 0. The number of fused-ring (bicyclic) bond motifs is 7. The summed E-state index contributed by atoms with van der Waals surface area (Å²) in [7, 11) is 62.4. The third kappa shape index (κ3) is 4.88. The van der Waals surface area contributed by atoms with Gasteiger partial charge in [-0.1, -0.05) is 82.5 Å². The fourth-order valence-electron chi connectivity index (χ4n) is 7.95. The molecule has 0 bridgehead atoms. The molecule has 0 N–H and O–H groups in total. The minimum absolute atomic E-state index is 0.185. The Labute approximate surface area is 327 Å². The van der Waals surface area contributed by atoms with E-state index in [0.717, 1.165) is 66.1 Å². The lowest BCUT2D eigenvalue weighted by molar-refractivity contribution is 1.17. The second-order valence-electron chi connectivity index (χ2n) is 13.5. The lowest BCUT2D eigenvalue weighted by Gasteiger charge is -2.21. The highest BCUT2D eigenvalue weighted by Gasteiger charge is 2.21. The average Bonchev–Trinajstić information content (AvgIpc) is 3.71. The summed E-state index contributed by atoms with van der Waals surface area (Å²) in [5.41, 5.74) is 11.2. The van der Waals surface area contributed by atoms with E-state index in [1.54, 1.807) is 0 Å². The highest BCUT2D eigenvalue weighted by atomic mass is 15.0. The molecule has 54 heavy (non-hydrogen) atoms. The van der Waals surface area contributed by atoms with Gasteiger partial charge in [0.15, 0.2) is 0 Å². The van der Waals surface area contributed by atoms with E-state index >= 15 is 0 Å². The third-order valence-corrected chi connectivity index (χ3v) is 10.7. The van der Waals surface area contributed by atoms with Gasteiger partial charge in [-0.3, -0.25) is 0 Å². The number of rotatable bonds is 4. The van der Waals surface area contributed by atoms with E-state index in [4.69, 9.17) is 78.5 Å². The van der Waals surface area contributed by atoms with Crippen LogP contribution in [0.15, 0.2) is 109 Å². The summed E-state index contributed by atoms with van der Waals surface area (Å²) >= 11 is 0. The fourth-order valence-corrected chi connectivity index (χ4v) is 7.95. The molecule has 0 spiro atoms. The van der Waals surface area contributed by atoms with Gasteiger partial charge in [0.05, 0.1) is 22.1 Å². The van der Waals surface area contributed by atoms with Crippen molar-refractivity contribution in [3.63, 3.8) is 0 Å². The van der Waals surface area contributed by atoms with Gasteiger partial charge in [0.25, 0.3) is 0 Å². The Morgan fingerprint density at radius 1 is 0.278 bits per heavy atom. The normalized spacial score (nSPS) is 11.7. The molecular formula is C42H18B10N2. The van der Waals surface area contributed by atoms with Crippen LogP contribution >= 0.6 is 0 Å². The number of hydrogen-bond donors (Lipinski definition) is 0. The molecule has 12 heteroatoms. The van der Waals surface area contributed by atoms with Crippen molar-refractivity contribution in [1.29, 1.82) is 0 Å². The Balaban J connectivity index is 1.24. The summed E-state index contributed by atoms with van der Waals surface area (Å²) in [5, 5.41) is 4.52. The third-order valence-electron chi connectivity index (χ3n) is 10.7. The quantitative estimate of drug-likeness (QED) is 0.219. The molecule has 0 saturated carbocycles. The first-order chi connectivity index (χ1) is 26.0. The molecule has 226 valence electrons. The van der Waals surface area contributed by atoms with Gasteiger partial charge in [-0.25, -0.2) is 0 Å². The van der Waals surface area contributed by atoms with Crippen LogP contribution in [0.4, 0.5) is 0 Å². The molecule has 0 aliphatic heterocycles. The Morgan fingerprint density at radius 3 is 0.907 bits per heavy atom.